The molecule has 2 aliphatic rings. The summed E-state index contributed by atoms with van der Waals surface area (Å²) in [4.78, 5) is 29.2. The molecule has 2 rings (SSSR count). The summed E-state index contributed by atoms with van der Waals surface area (Å²) in [6.07, 6.45) is -1.13. The fraction of sp³-hybridized carbons (Fsp3) is 0.935. The van der Waals surface area contributed by atoms with Crippen molar-refractivity contribution in [1.29, 1.82) is 0 Å². The lowest BCUT2D eigenvalue weighted by molar-refractivity contribution is -0.295. The largest absolute Gasteiger partial charge is 0.463 e. The van der Waals surface area contributed by atoms with E-state index >= 15 is 0 Å². The first-order valence-electron chi connectivity index (χ1n) is 15.3. The van der Waals surface area contributed by atoms with Crippen molar-refractivity contribution in [2.75, 3.05) is 41.0 Å². The summed E-state index contributed by atoms with van der Waals surface area (Å²) < 4.78 is 24.4. The second-order valence-corrected chi connectivity index (χ2v) is 12.8. The van der Waals surface area contributed by atoms with E-state index in [4.69, 9.17) is 18.9 Å². The number of ketones is 1. The number of likely N-dealkylation sites (N-methyl/N-ethyl adjacent to an activating group) is 1. The molecule has 0 saturated carbocycles. The van der Waals surface area contributed by atoms with Crippen LogP contribution in [0.1, 0.15) is 81.6 Å². The lowest BCUT2D eigenvalue weighted by Gasteiger charge is -2.47. The van der Waals surface area contributed by atoms with Crippen molar-refractivity contribution in [3.63, 3.8) is 0 Å². The molecule has 2 saturated heterocycles. The van der Waals surface area contributed by atoms with Crippen molar-refractivity contribution >= 4 is 11.8 Å². The monoisotopic (exact) mass is 588 g/mol. The number of nitrogens with one attached hydrogen (secondary N) is 1. The number of methoxy groups -OCH3 is 1. The van der Waals surface area contributed by atoms with Gasteiger partial charge in [0.2, 0.25) is 0 Å². The maximum Gasteiger partial charge on any atom is 0.319 e. The second-order valence-electron chi connectivity index (χ2n) is 12.8. The van der Waals surface area contributed by atoms with Gasteiger partial charge >= 0.3 is 5.97 Å². The number of ether oxygens (including phenoxy) is 4. The summed E-state index contributed by atoms with van der Waals surface area (Å²) in [5.74, 6) is -1.55. The molecule has 2 heterocycles. The van der Waals surface area contributed by atoms with Crippen LogP contribution >= 0.6 is 0 Å². The number of aliphatic hydroxyl groups is 2. The average molecular weight is 589 g/mol. The van der Waals surface area contributed by atoms with E-state index in [-0.39, 0.29) is 49.0 Å². The van der Waals surface area contributed by atoms with Crippen LogP contribution in [0.25, 0.3) is 0 Å². The van der Waals surface area contributed by atoms with Crippen LogP contribution < -0.4 is 5.32 Å². The molecular weight excluding hydrogens is 528 g/mol. The summed E-state index contributed by atoms with van der Waals surface area (Å²) >= 11 is 0. The standard InChI is InChI=1S/C29H54N2O8.C2H6/c1-17-14-29(7,36-10)25(39-26-23(33)22(31(8)9)13-19(3)38-26)20(4)24(34)28(5,6)27(35)37-16-21(30-15-17)18(2)11-12-32;1-2/h17-23,25-26,30,32-33H,11-16H2,1-10H3;1-2H3/t17-,18-,19?,20+,21-,22?,23-,25-,26?,29-;/m1./s1. The topological polar surface area (TPSA) is 127 Å². The number of aliphatic hydroxyl groups excluding tert-OH is 2. The minimum Gasteiger partial charge on any atom is -0.463 e. The van der Waals surface area contributed by atoms with E-state index in [0.717, 1.165) is 0 Å². The molecule has 10 heteroatoms. The van der Waals surface area contributed by atoms with E-state index < -0.39 is 41.4 Å². The highest BCUT2D eigenvalue weighted by atomic mass is 16.7. The summed E-state index contributed by atoms with van der Waals surface area (Å²) in [6, 6.07) is -0.357. The number of carbonyl (C=O) groups excluding carboxylic acids is 2. The van der Waals surface area contributed by atoms with Gasteiger partial charge in [-0.3, -0.25) is 9.59 Å². The zero-order chi connectivity index (χ0) is 31.7. The van der Waals surface area contributed by atoms with Crippen LogP contribution in [0.4, 0.5) is 0 Å². The number of cyclic esters (lactones) is 1. The number of hydrogen-bond acceptors (Lipinski definition) is 10. The number of nitrogens with zero attached hydrogens (tertiary/aromatic N) is 1. The summed E-state index contributed by atoms with van der Waals surface area (Å²) in [7, 11) is 5.41. The van der Waals surface area contributed by atoms with E-state index in [9.17, 15) is 19.8 Å². The first kappa shape index (κ1) is 37.9. The summed E-state index contributed by atoms with van der Waals surface area (Å²) in [5.41, 5.74) is -2.38. The first-order chi connectivity index (χ1) is 19.1. The Morgan fingerprint density at radius 3 is 2.29 bits per heavy atom. The average Bonchev–Trinajstić information content (AvgIpc) is 2.92. The van der Waals surface area contributed by atoms with E-state index in [1.807, 2.05) is 53.6 Å². The van der Waals surface area contributed by atoms with Crippen molar-refractivity contribution < 1.29 is 38.7 Å². The highest BCUT2D eigenvalue weighted by Crippen LogP contribution is 2.38. The van der Waals surface area contributed by atoms with Crippen molar-refractivity contribution in [3.05, 3.63) is 0 Å². The third-order valence-corrected chi connectivity index (χ3v) is 8.77. The molecule has 0 aliphatic carbocycles. The quantitative estimate of drug-likeness (QED) is 0.302. The predicted octanol–water partition coefficient (Wildman–Crippen LogP) is 3.02. The van der Waals surface area contributed by atoms with Gasteiger partial charge in [-0.1, -0.05) is 34.6 Å². The maximum atomic E-state index is 14.0. The normalized spacial score (nSPS) is 38.0. The second kappa shape index (κ2) is 16.6. The van der Waals surface area contributed by atoms with Crippen molar-refractivity contribution in [2.24, 2.45) is 23.2 Å². The van der Waals surface area contributed by atoms with E-state index in [1.54, 1.807) is 27.9 Å². The number of Topliss-reactive ketones (excluding diaryl/α,β-unsaturated/α-hetero) is 1. The van der Waals surface area contributed by atoms with E-state index in [2.05, 4.69) is 12.2 Å². The van der Waals surface area contributed by atoms with Gasteiger partial charge in [0.15, 0.2) is 12.1 Å². The molecule has 41 heavy (non-hydrogen) atoms. The van der Waals surface area contributed by atoms with Gasteiger partial charge < -0.3 is 39.4 Å². The number of esters is 1. The van der Waals surface area contributed by atoms with Gasteiger partial charge in [0.05, 0.1) is 17.8 Å². The molecule has 2 fully saturated rings. The van der Waals surface area contributed by atoms with Gasteiger partial charge in [-0.15, -0.1) is 0 Å². The van der Waals surface area contributed by atoms with Gasteiger partial charge in [0.25, 0.3) is 0 Å². The zero-order valence-corrected chi connectivity index (χ0v) is 27.7. The van der Waals surface area contributed by atoms with Crippen LogP contribution in [0.2, 0.25) is 0 Å². The Hall–Kier alpha value is -1.14. The van der Waals surface area contributed by atoms with Crippen molar-refractivity contribution in [1.82, 2.24) is 10.2 Å². The minimum atomic E-state index is -1.44. The van der Waals surface area contributed by atoms with Crippen molar-refractivity contribution in [3.8, 4) is 0 Å². The SMILES string of the molecule is CC.CO[C@]1(C)C[C@@H](C)CN[C@@H]([C@H](C)CCO)COC(=O)C(C)(C)C(=O)[C@H](C)[C@H]1OC1OC(C)CC(N(C)C)[C@H]1O. The molecule has 3 unspecified atom stereocenters. The molecule has 0 radical (unpaired) electrons. The van der Waals surface area contributed by atoms with Crippen LogP contribution in [0.15, 0.2) is 0 Å². The lowest BCUT2D eigenvalue weighted by Crippen LogP contribution is -2.59. The van der Waals surface area contributed by atoms with Crippen LogP contribution in [0.3, 0.4) is 0 Å². The maximum absolute atomic E-state index is 14.0. The van der Waals surface area contributed by atoms with E-state index in [0.29, 0.717) is 25.8 Å². The molecule has 242 valence electrons. The van der Waals surface area contributed by atoms with Crippen LogP contribution in [-0.2, 0) is 28.5 Å². The zero-order valence-electron chi connectivity index (χ0n) is 27.7. The molecule has 0 aromatic carbocycles. The van der Waals surface area contributed by atoms with Crippen LogP contribution in [0.5, 0.6) is 0 Å². The van der Waals surface area contributed by atoms with Gasteiger partial charge in [-0.25, -0.2) is 0 Å². The molecule has 10 nitrogen and oxygen atoms in total. The van der Waals surface area contributed by atoms with E-state index in [1.165, 1.54) is 0 Å². The molecule has 0 aromatic rings. The molecule has 0 amide bonds. The lowest BCUT2D eigenvalue weighted by atomic mass is 9.74. The van der Waals surface area contributed by atoms with Gasteiger partial charge in [0.1, 0.15) is 18.1 Å². The Kier molecular flexibility index (Phi) is 15.4. The third-order valence-electron chi connectivity index (χ3n) is 8.77. The molecule has 2 aliphatic heterocycles. The van der Waals surface area contributed by atoms with Gasteiger partial charge in [-0.05, 0) is 79.4 Å². The van der Waals surface area contributed by atoms with Gasteiger partial charge in [-0.2, -0.15) is 0 Å². The number of hydrogen-bond donors (Lipinski definition) is 3. The predicted molar refractivity (Wildman–Crippen MR) is 159 cm³/mol. The highest BCUT2D eigenvalue weighted by Gasteiger charge is 2.51. The Labute approximate surface area is 248 Å². The summed E-state index contributed by atoms with van der Waals surface area (Å²) in [6.45, 7) is 17.6. The van der Waals surface area contributed by atoms with Crippen LogP contribution in [-0.4, -0.2) is 110 Å². The summed E-state index contributed by atoms with van der Waals surface area (Å²) in [5, 5.41) is 24.2. The van der Waals surface area contributed by atoms with Crippen LogP contribution in [0, 0.1) is 23.2 Å². The fourth-order valence-electron chi connectivity index (χ4n) is 6.00. The Morgan fingerprint density at radius 1 is 1.15 bits per heavy atom. The molecule has 10 atom stereocenters. The molecule has 0 spiro atoms. The molecule has 0 bridgehead atoms. The molecular formula is C31H60N2O8. The fourth-order valence-corrected chi connectivity index (χ4v) is 6.00. The molecule has 3 N–H and O–H groups in total. The Bertz CT molecular complexity index is 809. The Balaban J connectivity index is 0.00000411. The third kappa shape index (κ3) is 9.68. The van der Waals surface area contributed by atoms with Crippen molar-refractivity contribution in [2.45, 2.75) is 124 Å². The minimum absolute atomic E-state index is 0.0352. The number of rotatable bonds is 7. The molecule has 0 aromatic heterocycles. The van der Waals surface area contributed by atoms with Gasteiger partial charge in [0, 0.05) is 31.7 Å². The Morgan fingerprint density at radius 2 is 1.76 bits per heavy atom. The highest BCUT2D eigenvalue weighted by molar-refractivity contribution is 6.04. The smallest absolute Gasteiger partial charge is 0.319 e. The first-order valence-corrected chi connectivity index (χ1v) is 15.3. The number of carbonyl (C=O) groups is 2.